The number of nitrogens with zero attached hydrogens (tertiary/aromatic N) is 3. The number of allylic oxidation sites excluding steroid dienone is 1. The molecule has 9 nitrogen and oxygen atoms in total. The SMILES string of the molecule is COc1ccc([C@@H]2C3=C(N=c4s/c(=C/c5ccc(-c6ccc([N+](=O)[O-])cc6OC)o5)c(=O)n42)c2ccccc2CC3)cc1. The Morgan fingerprint density at radius 3 is 2.58 bits per heavy atom. The number of aryl methyl sites for hydroxylation is 1. The van der Waals surface area contributed by atoms with E-state index in [0.717, 1.165) is 41.0 Å². The number of rotatable bonds is 6. The molecule has 1 aliphatic carbocycles. The Balaban J connectivity index is 1.36. The number of furan rings is 1. The van der Waals surface area contributed by atoms with Crippen molar-refractivity contribution in [2.24, 2.45) is 4.99 Å². The smallest absolute Gasteiger partial charge is 0.273 e. The van der Waals surface area contributed by atoms with Crippen LogP contribution in [0.25, 0.3) is 23.1 Å². The third-order valence-corrected chi connectivity index (χ3v) is 8.85. The molecule has 0 radical (unpaired) electrons. The molecule has 0 spiro atoms. The van der Waals surface area contributed by atoms with Crippen LogP contribution in [0, 0.1) is 10.1 Å². The first-order chi connectivity index (χ1) is 20.9. The van der Waals surface area contributed by atoms with Gasteiger partial charge in [0.25, 0.3) is 11.2 Å². The van der Waals surface area contributed by atoms with Crippen molar-refractivity contribution in [1.29, 1.82) is 0 Å². The molecule has 0 fully saturated rings. The Kier molecular flexibility index (Phi) is 6.55. The summed E-state index contributed by atoms with van der Waals surface area (Å²) in [4.78, 5) is 30.4. The Labute approximate surface area is 249 Å². The average molecular weight is 592 g/mol. The van der Waals surface area contributed by atoms with Gasteiger partial charge in [0, 0.05) is 17.7 Å². The summed E-state index contributed by atoms with van der Waals surface area (Å²) in [5, 5.41) is 11.2. The highest BCUT2D eigenvalue weighted by Crippen LogP contribution is 2.41. The summed E-state index contributed by atoms with van der Waals surface area (Å²) in [6.07, 6.45) is 3.39. The van der Waals surface area contributed by atoms with E-state index in [1.807, 2.05) is 36.4 Å². The second-order valence-corrected chi connectivity index (χ2v) is 11.2. The van der Waals surface area contributed by atoms with Gasteiger partial charge in [-0.3, -0.25) is 19.5 Å². The minimum atomic E-state index is -0.477. The molecule has 2 aromatic heterocycles. The van der Waals surface area contributed by atoms with Crippen LogP contribution in [-0.2, 0) is 6.42 Å². The van der Waals surface area contributed by atoms with E-state index in [1.54, 1.807) is 36.0 Å². The van der Waals surface area contributed by atoms with Gasteiger partial charge >= 0.3 is 0 Å². The van der Waals surface area contributed by atoms with Crippen LogP contribution in [0.4, 0.5) is 5.69 Å². The first kappa shape index (κ1) is 26.7. The summed E-state index contributed by atoms with van der Waals surface area (Å²) in [6.45, 7) is 0. The Hall–Kier alpha value is -5.22. The van der Waals surface area contributed by atoms with Crippen molar-refractivity contribution in [2.75, 3.05) is 14.2 Å². The molecule has 0 unspecified atom stereocenters. The van der Waals surface area contributed by atoms with Crippen molar-refractivity contribution in [1.82, 2.24) is 4.57 Å². The van der Waals surface area contributed by atoms with Crippen LogP contribution in [0.2, 0.25) is 0 Å². The second kappa shape index (κ2) is 10.6. The molecule has 1 atom stereocenters. The van der Waals surface area contributed by atoms with E-state index in [2.05, 4.69) is 12.1 Å². The van der Waals surface area contributed by atoms with Gasteiger partial charge in [-0.15, -0.1) is 0 Å². The topological polar surface area (TPSA) is 109 Å². The maximum atomic E-state index is 14.0. The average Bonchev–Trinajstić information content (AvgIpc) is 3.63. The van der Waals surface area contributed by atoms with E-state index in [9.17, 15) is 14.9 Å². The summed E-state index contributed by atoms with van der Waals surface area (Å²) in [5.41, 5.74) is 5.73. The van der Waals surface area contributed by atoms with Gasteiger partial charge in [-0.05, 0) is 59.9 Å². The lowest BCUT2D eigenvalue weighted by Gasteiger charge is -2.30. The minimum absolute atomic E-state index is 0.0785. The molecule has 5 aromatic rings. The lowest BCUT2D eigenvalue weighted by molar-refractivity contribution is -0.384. The number of hydrogen-bond donors (Lipinski definition) is 0. The van der Waals surface area contributed by atoms with Crippen LogP contribution in [0.1, 0.15) is 34.9 Å². The molecule has 0 saturated heterocycles. The number of fused-ring (bicyclic) bond motifs is 3. The highest BCUT2D eigenvalue weighted by atomic mass is 32.1. The summed E-state index contributed by atoms with van der Waals surface area (Å²) < 4.78 is 19.1. The van der Waals surface area contributed by atoms with E-state index in [0.29, 0.717) is 32.2 Å². The second-order valence-electron chi connectivity index (χ2n) is 10.2. The lowest BCUT2D eigenvalue weighted by atomic mass is 9.83. The van der Waals surface area contributed by atoms with E-state index < -0.39 is 4.92 Å². The Bertz CT molecular complexity index is 2120. The van der Waals surface area contributed by atoms with Crippen LogP contribution in [0.3, 0.4) is 0 Å². The Morgan fingerprint density at radius 2 is 1.81 bits per heavy atom. The fraction of sp³-hybridized carbons (Fsp3) is 0.152. The lowest BCUT2D eigenvalue weighted by Crippen LogP contribution is -2.38. The highest BCUT2D eigenvalue weighted by Gasteiger charge is 2.32. The van der Waals surface area contributed by atoms with Gasteiger partial charge in [0.2, 0.25) is 0 Å². The fourth-order valence-corrected chi connectivity index (χ4v) is 6.79. The number of nitro groups is 1. The van der Waals surface area contributed by atoms with Crippen LogP contribution in [0.5, 0.6) is 11.5 Å². The molecule has 0 bridgehead atoms. The molecule has 3 heterocycles. The number of non-ortho nitro benzene ring substituents is 1. The van der Waals surface area contributed by atoms with Gasteiger partial charge in [-0.1, -0.05) is 47.7 Å². The summed E-state index contributed by atoms with van der Waals surface area (Å²) >= 11 is 1.32. The molecule has 3 aromatic carbocycles. The molecule has 7 rings (SSSR count). The molecule has 43 heavy (non-hydrogen) atoms. The standard InChI is InChI=1S/C33H25N3O6S/c1-40-22-11-7-20(8-12-22)31-26-14-9-19-5-3-4-6-24(19)30(26)34-33-35(31)32(37)29(43-33)18-23-13-16-27(42-23)25-15-10-21(36(38)39)17-28(25)41-2/h3-8,10-13,15-18,31H,9,14H2,1-2H3/b29-18+/t31-/m1/s1. The zero-order valence-corrected chi connectivity index (χ0v) is 24.1. The number of hydrogen-bond acceptors (Lipinski definition) is 8. The van der Waals surface area contributed by atoms with Gasteiger partial charge in [-0.2, -0.15) is 0 Å². The molecular weight excluding hydrogens is 566 g/mol. The summed E-state index contributed by atoms with van der Waals surface area (Å²) in [6, 6.07) is 23.7. The van der Waals surface area contributed by atoms with Crippen molar-refractivity contribution < 1.29 is 18.8 Å². The zero-order valence-electron chi connectivity index (χ0n) is 23.3. The normalized spacial score (nSPS) is 15.8. The van der Waals surface area contributed by atoms with Gasteiger partial charge in [0.1, 0.15) is 23.0 Å². The molecule has 214 valence electrons. The first-order valence-electron chi connectivity index (χ1n) is 13.6. The van der Waals surface area contributed by atoms with Crippen molar-refractivity contribution in [2.45, 2.75) is 18.9 Å². The number of aromatic nitrogens is 1. The maximum Gasteiger partial charge on any atom is 0.273 e. The van der Waals surface area contributed by atoms with Crippen LogP contribution >= 0.6 is 11.3 Å². The predicted octanol–water partition coefficient (Wildman–Crippen LogP) is 5.50. The fourth-order valence-electron chi connectivity index (χ4n) is 5.81. The molecule has 0 N–H and O–H groups in total. The van der Waals surface area contributed by atoms with Gasteiger partial charge < -0.3 is 13.9 Å². The monoisotopic (exact) mass is 591 g/mol. The van der Waals surface area contributed by atoms with Gasteiger partial charge in [0.05, 0.1) is 47.0 Å². The van der Waals surface area contributed by atoms with Crippen molar-refractivity contribution >= 4 is 28.8 Å². The van der Waals surface area contributed by atoms with E-state index in [4.69, 9.17) is 18.9 Å². The minimum Gasteiger partial charge on any atom is -0.497 e. The van der Waals surface area contributed by atoms with Crippen LogP contribution in [0.15, 0.2) is 98.6 Å². The van der Waals surface area contributed by atoms with Gasteiger partial charge in [0.15, 0.2) is 4.80 Å². The summed E-state index contributed by atoms with van der Waals surface area (Å²) in [7, 11) is 3.08. The molecule has 10 heteroatoms. The van der Waals surface area contributed by atoms with E-state index in [1.165, 1.54) is 36.1 Å². The first-order valence-corrected chi connectivity index (χ1v) is 14.5. The largest absolute Gasteiger partial charge is 0.497 e. The Morgan fingerprint density at radius 1 is 1.00 bits per heavy atom. The van der Waals surface area contributed by atoms with Crippen molar-refractivity contribution in [3.05, 3.63) is 137 Å². The third kappa shape index (κ3) is 4.56. The van der Waals surface area contributed by atoms with E-state index >= 15 is 0 Å². The predicted molar refractivity (Wildman–Crippen MR) is 163 cm³/mol. The molecular formula is C33H25N3O6S. The molecule has 2 aliphatic rings. The molecule has 0 amide bonds. The number of nitro benzene ring substituents is 1. The number of benzene rings is 3. The van der Waals surface area contributed by atoms with Crippen LogP contribution < -0.4 is 24.4 Å². The number of ether oxygens (including phenoxy) is 2. The number of thiazole rings is 1. The quantitative estimate of drug-likeness (QED) is 0.191. The maximum absolute atomic E-state index is 14.0. The van der Waals surface area contributed by atoms with Crippen molar-refractivity contribution in [3.63, 3.8) is 0 Å². The van der Waals surface area contributed by atoms with E-state index in [-0.39, 0.29) is 17.3 Å². The zero-order chi connectivity index (χ0) is 29.7. The molecule has 1 aliphatic heterocycles. The van der Waals surface area contributed by atoms with Crippen molar-refractivity contribution in [3.8, 4) is 22.8 Å². The van der Waals surface area contributed by atoms with Gasteiger partial charge in [-0.25, -0.2) is 4.99 Å². The highest BCUT2D eigenvalue weighted by molar-refractivity contribution is 7.07. The summed E-state index contributed by atoms with van der Waals surface area (Å²) in [5.74, 6) is 2.00. The molecule has 0 saturated carbocycles. The third-order valence-electron chi connectivity index (χ3n) is 7.87. The number of methoxy groups -OCH3 is 2. The van der Waals surface area contributed by atoms with Crippen LogP contribution in [-0.4, -0.2) is 23.7 Å².